The van der Waals surface area contributed by atoms with E-state index in [1.54, 1.807) is 0 Å². The van der Waals surface area contributed by atoms with Gasteiger partial charge >= 0.3 is 0 Å². The number of nitrogens with one attached hydrogen (secondary N) is 1. The molecule has 0 spiro atoms. The van der Waals surface area contributed by atoms with Crippen molar-refractivity contribution in [2.24, 2.45) is 4.99 Å². The zero-order valence-corrected chi connectivity index (χ0v) is 8.39. The normalized spacial score (nSPS) is 19.7. The number of nitrogens with zero attached hydrogens (tertiary/aromatic N) is 2. The first-order valence-corrected chi connectivity index (χ1v) is 4.26. The second kappa shape index (κ2) is 4.54. The summed E-state index contributed by atoms with van der Waals surface area (Å²) in [6.07, 6.45) is 1.20. The number of hydrogen-bond acceptors (Lipinski definition) is 6. The van der Waals surface area contributed by atoms with Gasteiger partial charge in [0.15, 0.2) is 6.04 Å². The number of ether oxygens (including phenoxy) is 1. The molecule has 0 amide bonds. The number of nitro groups is 1. The average molecular weight is 213 g/mol. The quantitative estimate of drug-likeness (QED) is 0.528. The van der Waals surface area contributed by atoms with Crippen LogP contribution in [0.25, 0.3) is 0 Å². The molecular formula is C8H11N3O4. The highest BCUT2D eigenvalue weighted by Crippen LogP contribution is 2.15. The first-order valence-electron chi connectivity index (χ1n) is 4.26. The van der Waals surface area contributed by atoms with E-state index >= 15 is 0 Å². The van der Waals surface area contributed by atoms with Crippen molar-refractivity contribution in [1.82, 2.24) is 5.32 Å². The third-order valence-corrected chi connectivity index (χ3v) is 1.84. The Balaban J connectivity index is 2.86. The molecule has 1 atom stereocenters. The monoisotopic (exact) mass is 213 g/mol. The molecule has 0 aromatic heterocycles. The van der Waals surface area contributed by atoms with Crippen LogP contribution in [0.15, 0.2) is 16.9 Å². The predicted molar refractivity (Wildman–Crippen MR) is 51.7 cm³/mol. The second-order valence-corrected chi connectivity index (χ2v) is 3.03. The van der Waals surface area contributed by atoms with E-state index in [1.807, 2.05) is 0 Å². The van der Waals surface area contributed by atoms with Crippen LogP contribution in [0.5, 0.6) is 0 Å². The van der Waals surface area contributed by atoms with Gasteiger partial charge in [-0.25, -0.2) is 4.99 Å². The Bertz CT molecular complexity index is 348. The van der Waals surface area contributed by atoms with Gasteiger partial charge in [-0.2, -0.15) is 0 Å². The molecule has 0 aliphatic carbocycles. The molecule has 0 aromatic rings. The topological polar surface area (TPSA) is 93.8 Å². The molecule has 0 saturated heterocycles. The van der Waals surface area contributed by atoms with Crippen LogP contribution in [0, 0.1) is 10.1 Å². The SMILES string of the molecule is COC1=NC(CC(C)=O)C([N+](=O)[O-])=CN1. The lowest BCUT2D eigenvalue weighted by Crippen LogP contribution is -2.32. The fourth-order valence-electron chi connectivity index (χ4n) is 1.19. The van der Waals surface area contributed by atoms with Crippen LogP contribution in [0.4, 0.5) is 0 Å². The van der Waals surface area contributed by atoms with Crippen molar-refractivity contribution in [1.29, 1.82) is 0 Å². The van der Waals surface area contributed by atoms with E-state index in [9.17, 15) is 14.9 Å². The second-order valence-electron chi connectivity index (χ2n) is 3.03. The number of Topliss-reactive ketones (excluding diaryl/α,β-unsaturated/α-hetero) is 1. The van der Waals surface area contributed by atoms with Crippen molar-refractivity contribution in [2.45, 2.75) is 19.4 Å². The van der Waals surface area contributed by atoms with Gasteiger partial charge in [-0.1, -0.05) is 0 Å². The highest BCUT2D eigenvalue weighted by Gasteiger charge is 2.29. The third kappa shape index (κ3) is 2.76. The molecule has 0 aromatic carbocycles. The number of rotatable bonds is 3. The number of hydrogen-bond donors (Lipinski definition) is 1. The van der Waals surface area contributed by atoms with Crippen LogP contribution >= 0.6 is 0 Å². The fraction of sp³-hybridized carbons (Fsp3) is 0.500. The number of amidine groups is 1. The molecule has 7 heteroatoms. The van der Waals surface area contributed by atoms with E-state index in [0.29, 0.717) is 0 Å². The van der Waals surface area contributed by atoms with Crippen molar-refractivity contribution in [3.63, 3.8) is 0 Å². The summed E-state index contributed by atoms with van der Waals surface area (Å²) in [6, 6.07) is -0.597. The zero-order valence-electron chi connectivity index (χ0n) is 8.39. The summed E-state index contributed by atoms with van der Waals surface area (Å²) in [5, 5.41) is 13.1. The molecule has 0 bridgehead atoms. The largest absolute Gasteiger partial charge is 0.468 e. The Hall–Kier alpha value is -1.92. The van der Waals surface area contributed by atoms with Gasteiger partial charge in [0, 0.05) is 6.42 Å². The Morgan fingerprint density at radius 3 is 2.93 bits per heavy atom. The van der Waals surface area contributed by atoms with Gasteiger partial charge in [0.25, 0.3) is 11.7 Å². The van der Waals surface area contributed by atoms with Crippen molar-refractivity contribution in [3.05, 3.63) is 22.0 Å². The summed E-state index contributed by atoms with van der Waals surface area (Å²) in [4.78, 5) is 24.8. The maximum absolute atomic E-state index is 10.9. The highest BCUT2D eigenvalue weighted by atomic mass is 16.6. The summed E-state index contributed by atoms with van der Waals surface area (Å²) in [7, 11) is 1.39. The van der Waals surface area contributed by atoms with Gasteiger partial charge in [-0.05, 0) is 6.92 Å². The van der Waals surface area contributed by atoms with Crippen LogP contribution in [-0.4, -0.2) is 29.9 Å². The Morgan fingerprint density at radius 1 is 1.80 bits per heavy atom. The summed E-state index contributed by atoms with van der Waals surface area (Å²) < 4.78 is 4.79. The van der Waals surface area contributed by atoms with Gasteiger partial charge in [0.1, 0.15) is 5.78 Å². The first kappa shape index (κ1) is 11.2. The summed E-state index contributed by atoms with van der Waals surface area (Å²) in [6.45, 7) is 1.36. The van der Waals surface area contributed by atoms with Crippen molar-refractivity contribution < 1.29 is 14.5 Å². The molecule has 1 heterocycles. The zero-order chi connectivity index (χ0) is 11.4. The number of ketones is 1. The molecule has 1 rings (SSSR count). The van der Waals surface area contributed by atoms with E-state index in [1.165, 1.54) is 20.2 Å². The number of aliphatic imine (C=N–C) groups is 1. The van der Waals surface area contributed by atoms with Gasteiger partial charge in [0.05, 0.1) is 18.2 Å². The number of methoxy groups -OCH3 is 1. The molecule has 1 aliphatic rings. The Labute approximate surface area is 86.0 Å². The number of carbonyl (C=O) groups is 1. The molecule has 1 aliphatic heterocycles. The smallest absolute Gasteiger partial charge is 0.289 e. The van der Waals surface area contributed by atoms with Crippen LogP contribution in [0.2, 0.25) is 0 Å². The minimum atomic E-state index is -0.770. The lowest BCUT2D eigenvalue weighted by Gasteiger charge is -2.15. The van der Waals surface area contributed by atoms with Crippen molar-refractivity contribution in [2.75, 3.05) is 7.11 Å². The molecule has 0 saturated carbocycles. The lowest BCUT2D eigenvalue weighted by molar-refractivity contribution is -0.430. The standard InChI is InChI=1S/C8H11N3O4/c1-5(12)3-6-7(11(13)14)4-9-8(10-6)15-2/h4,6H,3H2,1-2H3,(H,9,10). The summed E-state index contributed by atoms with van der Waals surface area (Å²) >= 11 is 0. The van der Waals surface area contributed by atoms with Gasteiger partial charge in [0.2, 0.25) is 0 Å². The van der Waals surface area contributed by atoms with Crippen LogP contribution in [0.1, 0.15) is 13.3 Å². The van der Waals surface area contributed by atoms with Crippen LogP contribution < -0.4 is 5.32 Å². The van der Waals surface area contributed by atoms with E-state index in [4.69, 9.17) is 4.74 Å². The molecule has 7 nitrogen and oxygen atoms in total. The predicted octanol–water partition coefficient (Wildman–Crippen LogP) is 0.0578. The molecule has 15 heavy (non-hydrogen) atoms. The van der Waals surface area contributed by atoms with Crippen molar-refractivity contribution in [3.8, 4) is 0 Å². The van der Waals surface area contributed by atoms with E-state index in [0.717, 1.165) is 0 Å². The maximum atomic E-state index is 10.9. The lowest BCUT2D eigenvalue weighted by atomic mass is 10.1. The number of carbonyl (C=O) groups excluding carboxylic acids is 1. The third-order valence-electron chi connectivity index (χ3n) is 1.84. The molecule has 0 fully saturated rings. The summed E-state index contributed by atoms with van der Waals surface area (Å²) in [5.41, 5.74) is -0.133. The minimum absolute atomic E-state index is 0.00134. The molecular weight excluding hydrogens is 202 g/mol. The van der Waals surface area contributed by atoms with Crippen LogP contribution in [0.3, 0.4) is 0 Å². The van der Waals surface area contributed by atoms with Gasteiger partial charge in [-0.3, -0.25) is 14.9 Å². The first-order chi connectivity index (χ1) is 7.04. The minimum Gasteiger partial charge on any atom is -0.468 e. The summed E-state index contributed by atoms with van der Waals surface area (Å²) in [5.74, 6) is -0.158. The average Bonchev–Trinajstić information content (AvgIpc) is 2.16. The fourth-order valence-corrected chi connectivity index (χ4v) is 1.19. The Morgan fingerprint density at radius 2 is 2.47 bits per heavy atom. The van der Waals surface area contributed by atoms with Crippen molar-refractivity contribution >= 4 is 11.8 Å². The van der Waals surface area contributed by atoms with E-state index < -0.39 is 11.0 Å². The van der Waals surface area contributed by atoms with E-state index in [2.05, 4.69) is 10.3 Å². The molecule has 1 N–H and O–H groups in total. The van der Waals surface area contributed by atoms with Gasteiger partial charge in [-0.15, -0.1) is 0 Å². The Kier molecular flexibility index (Phi) is 3.37. The molecule has 1 unspecified atom stereocenters. The maximum Gasteiger partial charge on any atom is 0.289 e. The van der Waals surface area contributed by atoms with E-state index in [-0.39, 0.29) is 23.9 Å². The van der Waals surface area contributed by atoms with Gasteiger partial charge < -0.3 is 10.1 Å². The highest BCUT2D eigenvalue weighted by molar-refractivity contribution is 5.79. The van der Waals surface area contributed by atoms with Crippen LogP contribution in [-0.2, 0) is 9.53 Å². The molecule has 82 valence electrons. The molecule has 0 radical (unpaired) electrons.